The Kier molecular flexibility index (Phi) is 6.50. The van der Waals surface area contributed by atoms with Crippen molar-refractivity contribution >= 4 is 27.4 Å². The molecule has 33 heavy (non-hydrogen) atoms. The molecule has 0 fully saturated rings. The van der Waals surface area contributed by atoms with Crippen molar-refractivity contribution < 1.29 is 31.9 Å². The SMILES string of the molecule is COc1ccc2c(c1)CCCN2C(=O)COC(=O)c1occc1CS(=O)(=O)c1ccccc1. The van der Waals surface area contributed by atoms with Crippen LogP contribution < -0.4 is 9.64 Å². The Labute approximate surface area is 191 Å². The number of anilines is 1. The number of aryl methyl sites for hydroxylation is 1. The quantitative estimate of drug-likeness (QED) is 0.489. The Morgan fingerprint density at radius 2 is 1.88 bits per heavy atom. The fraction of sp³-hybridized carbons (Fsp3) is 0.250. The molecule has 9 heteroatoms. The highest BCUT2D eigenvalue weighted by molar-refractivity contribution is 7.90. The van der Waals surface area contributed by atoms with E-state index in [1.807, 2.05) is 12.1 Å². The van der Waals surface area contributed by atoms with Crippen molar-refractivity contribution in [2.75, 3.05) is 25.2 Å². The van der Waals surface area contributed by atoms with Gasteiger partial charge in [-0.25, -0.2) is 13.2 Å². The number of carbonyl (C=O) groups excluding carboxylic acids is 2. The van der Waals surface area contributed by atoms with Gasteiger partial charge in [-0.05, 0) is 54.8 Å². The summed E-state index contributed by atoms with van der Waals surface area (Å²) in [5.74, 6) is -1.21. The second-order valence-corrected chi connectivity index (χ2v) is 9.56. The normalized spacial score (nSPS) is 13.3. The van der Waals surface area contributed by atoms with Crippen LogP contribution in [-0.4, -0.2) is 40.6 Å². The zero-order valence-electron chi connectivity index (χ0n) is 18.0. The van der Waals surface area contributed by atoms with Gasteiger partial charge in [-0.1, -0.05) is 18.2 Å². The third-order valence-electron chi connectivity index (χ3n) is 5.41. The molecule has 0 unspecified atom stereocenters. The number of methoxy groups -OCH3 is 1. The average Bonchev–Trinajstić information content (AvgIpc) is 3.29. The number of esters is 1. The van der Waals surface area contributed by atoms with Gasteiger partial charge in [0.25, 0.3) is 5.91 Å². The van der Waals surface area contributed by atoms with E-state index in [9.17, 15) is 18.0 Å². The van der Waals surface area contributed by atoms with Crippen LogP contribution in [0, 0.1) is 0 Å². The highest BCUT2D eigenvalue weighted by Crippen LogP contribution is 2.30. The second kappa shape index (κ2) is 9.50. The fourth-order valence-corrected chi connectivity index (χ4v) is 5.15. The third-order valence-corrected chi connectivity index (χ3v) is 7.09. The van der Waals surface area contributed by atoms with Gasteiger partial charge in [0.1, 0.15) is 5.75 Å². The van der Waals surface area contributed by atoms with Crippen molar-refractivity contribution in [1.82, 2.24) is 0 Å². The molecule has 0 spiro atoms. The molecule has 0 saturated heterocycles. The van der Waals surface area contributed by atoms with E-state index in [0.717, 1.165) is 24.1 Å². The first-order chi connectivity index (χ1) is 15.9. The van der Waals surface area contributed by atoms with E-state index in [0.29, 0.717) is 12.3 Å². The number of carbonyl (C=O) groups is 2. The van der Waals surface area contributed by atoms with Crippen molar-refractivity contribution in [2.24, 2.45) is 0 Å². The summed E-state index contributed by atoms with van der Waals surface area (Å²) >= 11 is 0. The summed E-state index contributed by atoms with van der Waals surface area (Å²) in [5, 5.41) is 0. The maximum absolute atomic E-state index is 12.8. The van der Waals surface area contributed by atoms with Gasteiger partial charge in [0.2, 0.25) is 5.76 Å². The van der Waals surface area contributed by atoms with E-state index in [2.05, 4.69) is 0 Å². The standard InChI is InChI=1S/C24H23NO7S/c1-30-19-9-10-21-17(14-19)6-5-12-25(21)22(26)15-32-24(27)23-18(11-13-31-23)16-33(28,29)20-7-3-2-4-8-20/h2-4,7-11,13-14H,5-6,12,15-16H2,1H3. The summed E-state index contributed by atoms with van der Waals surface area (Å²) in [6.45, 7) is 0.0207. The Morgan fingerprint density at radius 3 is 2.64 bits per heavy atom. The molecule has 1 aromatic heterocycles. The highest BCUT2D eigenvalue weighted by Gasteiger charge is 2.27. The average molecular weight is 470 g/mol. The molecule has 4 rings (SSSR count). The van der Waals surface area contributed by atoms with Gasteiger partial charge in [-0.15, -0.1) is 0 Å². The molecule has 172 valence electrons. The predicted molar refractivity (Wildman–Crippen MR) is 120 cm³/mol. The first-order valence-corrected chi connectivity index (χ1v) is 12.0. The first kappa shape index (κ1) is 22.6. The van der Waals surface area contributed by atoms with Crippen molar-refractivity contribution in [3.8, 4) is 5.75 Å². The monoisotopic (exact) mass is 469 g/mol. The number of ether oxygens (including phenoxy) is 2. The summed E-state index contributed by atoms with van der Waals surface area (Å²) in [4.78, 5) is 27.1. The molecule has 0 atom stereocenters. The van der Waals surface area contributed by atoms with Crippen LogP contribution in [0.15, 0.2) is 70.2 Å². The van der Waals surface area contributed by atoms with Crippen LogP contribution >= 0.6 is 0 Å². The lowest BCUT2D eigenvalue weighted by Gasteiger charge is -2.29. The maximum Gasteiger partial charge on any atom is 0.375 e. The molecule has 3 aromatic rings. The number of benzene rings is 2. The first-order valence-electron chi connectivity index (χ1n) is 10.4. The van der Waals surface area contributed by atoms with E-state index in [1.54, 1.807) is 36.3 Å². The van der Waals surface area contributed by atoms with E-state index in [4.69, 9.17) is 13.9 Å². The van der Waals surface area contributed by atoms with Crippen LogP contribution in [0.2, 0.25) is 0 Å². The summed E-state index contributed by atoms with van der Waals surface area (Å²) in [6.07, 6.45) is 2.82. The van der Waals surface area contributed by atoms with E-state index in [1.165, 1.54) is 24.5 Å². The number of sulfone groups is 1. The Balaban J connectivity index is 1.43. The van der Waals surface area contributed by atoms with E-state index >= 15 is 0 Å². The highest BCUT2D eigenvalue weighted by atomic mass is 32.2. The minimum absolute atomic E-state index is 0.140. The van der Waals surface area contributed by atoms with Crippen LogP contribution in [0.5, 0.6) is 5.75 Å². The largest absolute Gasteiger partial charge is 0.497 e. The summed E-state index contributed by atoms with van der Waals surface area (Å²) in [5.41, 5.74) is 1.92. The molecule has 0 radical (unpaired) electrons. The number of rotatable bonds is 7. The van der Waals surface area contributed by atoms with Gasteiger partial charge >= 0.3 is 5.97 Å². The molecule has 0 saturated carbocycles. The van der Waals surface area contributed by atoms with Crippen molar-refractivity contribution in [3.63, 3.8) is 0 Å². The zero-order chi connectivity index (χ0) is 23.4. The molecule has 0 N–H and O–H groups in total. The molecule has 0 aliphatic carbocycles. The topological polar surface area (TPSA) is 103 Å². The van der Waals surface area contributed by atoms with Crippen LogP contribution in [0.1, 0.15) is 28.1 Å². The summed E-state index contributed by atoms with van der Waals surface area (Å²) in [7, 11) is -2.10. The van der Waals surface area contributed by atoms with Crippen molar-refractivity contribution in [3.05, 3.63) is 77.7 Å². The minimum atomic E-state index is -3.68. The van der Waals surface area contributed by atoms with Gasteiger partial charge in [-0.3, -0.25) is 4.79 Å². The van der Waals surface area contributed by atoms with Gasteiger partial charge < -0.3 is 18.8 Å². The molecular formula is C24H23NO7S. The van der Waals surface area contributed by atoms with Crippen LogP contribution in [0.25, 0.3) is 0 Å². The number of furan rings is 1. The van der Waals surface area contributed by atoms with Gasteiger partial charge in [-0.2, -0.15) is 0 Å². The zero-order valence-corrected chi connectivity index (χ0v) is 18.8. The third kappa shape index (κ3) is 4.93. The van der Waals surface area contributed by atoms with Crippen LogP contribution in [0.3, 0.4) is 0 Å². The van der Waals surface area contributed by atoms with Crippen LogP contribution in [0.4, 0.5) is 5.69 Å². The Bertz CT molecular complexity index is 1260. The minimum Gasteiger partial charge on any atom is -0.497 e. The fourth-order valence-electron chi connectivity index (χ4n) is 3.77. The molecule has 2 aromatic carbocycles. The van der Waals surface area contributed by atoms with Crippen molar-refractivity contribution in [2.45, 2.75) is 23.5 Å². The molecule has 0 bridgehead atoms. The molecule has 1 amide bonds. The lowest BCUT2D eigenvalue weighted by Crippen LogP contribution is -2.38. The number of fused-ring (bicyclic) bond motifs is 1. The lowest BCUT2D eigenvalue weighted by atomic mass is 10.0. The molecular weight excluding hydrogens is 446 g/mol. The Morgan fingerprint density at radius 1 is 1.09 bits per heavy atom. The smallest absolute Gasteiger partial charge is 0.375 e. The summed E-state index contributed by atoms with van der Waals surface area (Å²) < 4.78 is 40.9. The van der Waals surface area contributed by atoms with Crippen LogP contribution in [-0.2, 0) is 31.5 Å². The molecule has 1 aliphatic rings. The molecule has 1 aliphatic heterocycles. The van der Waals surface area contributed by atoms with Gasteiger partial charge in [0.15, 0.2) is 16.4 Å². The number of amides is 1. The predicted octanol–water partition coefficient (Wildman–Crippen LogP) is 3.40. The lowest BCUT2D eigenvalue weighted by molar-refractivity contribution is -0.121. The summed E-state index contributed by atoms with van der Waals surface area (Å²) in [6, 6.07) is 14.8. The second-order valence-electron chi connectivity index (χ2n) is 7.57. The number of nitrogens with zero attached hydrogens (tertiary/aromatic N) is 1. The van der Waals surface area contributed by atoms with Gasteiger partial charge in [0, 0.05) is 17.8 Å². The van der Waals surface area contributed by atoms with Gasteiger partial charge in [0.05, 0.1) is 24.0 Å². The Hall–Kier alpha value is -3.59. The van der Waals surface area contributed by atoms with E-state index in [-0.39, 0.29) is 22.1 Å². The molecule has 8 nitrogen and oxygen atoms in total. The molecule has 2 heterocycles. The van der Waals surface area contributed by atoms with Crippen molar-refractivity contribution in [1.29, 1.82) is 0 Å². The van der Waals surface area contributed by atoms with E-state index < -0.39 is 28.2 Å². The number of hydrogen-bond donors (Lipinski definition) is 0. The number of hydrogen-bond acceptors (Lipinski definition) is 7. The maximum atomic E-state index is 12.8.